The quantitative estimate of drug-likeness (QED) is 0.398. The van der Waals surface area contributed by atoms with Crippen molar-refractivity contribution in [2.75, 3.05) is 20.8 Å². The van der Waals surface area contributed by atoms with E-state index in [9.17, 15) is 5.11 Å². The lowest BCUT2D eigenvalue weighted by Crippen LogP contribution is -2.53. The molecule has 1 aliphatic heterocycles. The highest BCUT2D eigenvalue weighted by Crippen LogP contribution is 2.20. The summed E-state index contributed by atoms with van der Waals surface area (Å²) in [5.74, 6) is 0. The SMILES string of the molecule is CO[C@H]1OC[C@@H](N=[N+]=[N-])[C@@H](OC)[C@H]1O. The highest BCUT2D eigenvalue weighted by Gasteiger charge is 2.39. The smallest absolute Gasteiger partial charge is 0.185 e. The zero-order valence-corrected chi connectivity index (χ0v) is 8.03. The van der Waals surface area contributed by atoms with Crippen molar-refractivity contribution in [1.29, 1.82) is 0 Å². The lowest BCUT2D eigenvalue weighted by molar-refractivity contribution is -0.242. The molecule has 0 bridgehead atoms. The maximum Gasteiger partial charge on any atom is 0.185 e. The van der Waals surface area contributed by atoms with Crippen molar-refractivity contribution < 1.29 is 19.3 Å². The number of aliphatic hydroxyl groups excluding tert-OH is 1. The third-order valence-corrected chi connectivity index (χ3v) is 2.13. The summed E-state index contributed by atoms with van der Waals surface area (Å²) in [5.41, 5.74) is 8.28. The van der Waals surface area contributed by atoms with Gasteiger partial charge in [0.05, 0.1) is 18.8 Å². The Balaban J connectivity index is 2.71. The van der Waals surface area contributed by atoms with Crippen LogP contribution < -0.4 is 0 Å². The monoisotopic (exact) mass is 203 g/mol. The third-order valence-electron chi connectivity index (χ3n) is 2.13. The zero-order chi connectivity index (χ0) is 10.6. The molecule has 0 aliphatic carbocycles. The number of rotatable bonds is 3. The van der Waals surface area contributed by atoms with Gasteiger partial charge < -0.3 is 19.3 Å². The summed E-state index contributed by atoms with van der Waals surface area (Å²) < 4.78 is 15.0. The molecule has 0 radical (unpaired) electrons. The van der Waals surface area contributed by atoms with Crippen LogP contribution in [0, 0.1) is 0 Å². The van der Waals surface area contributed by atoms with Crippen molar-refractivity contribution in [2.45, 2.75) is 24.5 Å². The van der Waals surface area contributed by atoms with Crippen LogP contribution in [0.3, 0.4) is 0 Å². The van der Waals surface area contributed by atoms with E-state index < -0.39 is 24.5 Å². The molecule has 1 fully saturated rings. The van der Waals surface area contributed by atoms with Gasteiger partial charge in [-0.1, -0.05) is 5.11 Å². The van der Waals surface area contributed by atoms with E-state index >= 15 is 0 Å². The van der Waals surface area contributed by atoms with Crippen LogP contribution in [0.15, 0.2) is 5.11 Å². The molecule has 80 valence electrons. The van der Waals surface area contributed by atoms with Gasteiger partial charge in [-0.05, 0) is 5.53 Å². The molecule has 1 N–H and O–H groups in total. The van der Waals surface area contributed by atoms with E-state index in [1.165, 1.54) is 14.2 Å². The summed E-state index contributed by atoms with van der Waals surface area (Å²) in [6.45, 7) is 0.179. The van der Waals surface area contributed by atoms with Crippen LogP contribution in [0.1, 0.15) is 0 Å². The van der Waals surface area contributed by atoms with Crippen LogP contribution in [0.25, 0.3) is 10.4 Å². The first-order chi connectivity index (χ1) is 6.74. The van der Waals surface area contributed by atoms with Crippen LogP contribution in [0.2, 0.25) is 0 Å². The summed E-state index contributed by atoms with van der Waals surface area (Å²) in [6.07, 6.45) is -2.27. The van der Waals surface area contributed by atoms with Crippen LogP contribution in [-0.2, 0) is 14.2 Å². The predicted molar refractivity (Wildman–Crippen MR) is 46.5 cm³/mol. The predicted octanol–water partition coefficient (Wildman–Crippen LogP) is 0.0439. The van der Waals surface area contributed by atoms with E-state index in [4.69, 9.17) is 19.7 Å². The third kappa shape index (κ3) is 2.14. The molecule has 1 rings (SSSR count). The average Bonchev–Trinajstić information content (AvgIpc) is 2.19. The summed E-state index contributed by atoms with van der Waals surface area (Å²) in [4.78, 5) is 2.66. The molecule has 0 aromatic carbocycles. The number of hydrogen-bond donors (Lipinski definition) is 1. The lowest BCUT2D eigenvalue weighted by Gasteiger charge is -2.36. The molecule has 4 atom stereocenters. The number of hydrogen-bond acceptors (Lipinski definition) is 5. The Bertz CT molecular complexity index is 231. The number of ether oxygens (including phenoxy) is 3. The Kier molecular flexibility index (Phi) is 4.12. The molecule has 7 nitrogen and oxygen atoms in total. The lowest BCUT2D eigenvalue weighted by atomic mass is 10.0. The number of azide groups is 1. The van der Waals surface area contributed by atoms with Gasteiger partial charge in [0.15, 0.2) is 6.29 Å². The largest absolute Gasteiger partial charge is 0.385 e. The maximum absolute atomic E-state index is 9.67. The van der Waals surface area contributed by atoms with Crippen molar-refractivity contribution in [3.05, 3.63) is 10.4 Å². The summed E-state index contributed by atoms with van der Waals surface area (Å²) >= 11 is 0. The van der Waals surface area contributed by atoms with E-state index in [0.717, 1.165) is 0 Å². The first kappa shape index (κ1) is 11.2. The summed E-state index contributed by atoms with van der Waals surface area (Å²) in [6, 6.07) is -0.522. The van der Waals surface area contributed by atoms with Gasteiger partial charge in [0, 0.05) is 19.1 Å². The number of nitrogens with zero attached hydrogens (tertiary/aromatic N) is 3. The first-order valence-corrected chi connectivity index (χ1v) is 4.14. The molecular formula is C7H13N3O4. The molecule has 1 saturated heterocycles. The van der Waals surface area contributed by atoms with Crippen molar-refractivity contribution in [3.8, 4) is 0 Å². The summed E-state index contributed by atoms with van der Waals surface area (Å²) in [5, 5.41) is 13.1. The van der Waals surface area contributed by atoms with Gasteiger partial charge in [-0.15, -0.1) is 0 Å². The fourth-order valence-corrected chi connectivity index (χ4v) is 1.44. The normalized spacial score (nSPS) is 37.6. The highest BCUT2D eigenvalue weighted by molar-refractivity contribution is 4.88. The number of methoxy groups -OCH3 is 2. The molecule has 0 spiro atoms. The first-order valence-electron chi connectivity index (χ1n) is 4.14. The van der Waals surface area contributed by atoms with Gasteiger partial charge in [-0.2, -0.15) is 0 Å². The zero-order valence-electron chi connectivity index (χ0n) is 8.03. The fraction of sp³-hybridized carbons (Fsp3) is 1.00. The second kappa shape index (κ2) is 5.14. The van der Waals surface area contributed by atoms with E-state index in [0.29, 0.717) is 0 Å². The Hall–Kier alpha value is -0.850. The Morgan fingerprint density at radius 1 is 1.50 bits per heavy atom. The van der Waals surface area contributed by atoms with Crippen molar-refractivity contribution >= 4 is 0 Å². The molecule has 0 unspecified atom stereocenters. The van der Waals surface area contributed by atoms with E-state index in [1.807, 2.05) is 0 Å². The molecular weight excluding hydrogens is 190 g/mol. The van der Waals surface area contributed by atoms with Crippen molar-refractivity contribution in [2.24, 2.45) is 5.11 Å². The van der Waals surface area contributed by atoms with Gasteiger partial charge in [0.25, 0.3) is 0 Å². The van der Waals surface area contributed by atoms with Gasteiger partial charge in [-0.25, -0.2) is 0 Å². The van der Waals surface area contributed by atoms with Crippen molar-refractivity contribution in [3.63, 3.8) is 0 Å². The molecule has 0 amide bonds. The van der Waals surface area contributed by atoms with Gasteiger partial charge in [0.2, 0.25) is 0 Å². The Labute approximate surface area is 81.2 Å². The van der Waals surface area contributed by atoms with E-state index in [2.05, 4.69) is 10.0 Å². The average molecular weight is 203 g/mol. The second-order valence-electron chi connectivity index (χ2n) is 2.90. The Morgan fingerprint density at radius 2 is 2.21 bits per heavy atom. The van der Waals surface area contributed by atoms with Gasteiger partial charge in [0.1, 0.15) is 6.10 Å². The molecule has 1 heterocycles. The van der Waals surface area contributed by atoms with Crippen molar-refractivity contribution in [1.82, 2.24) is 0 Å². The molecule has 1 aliphatic rings. The van der Waals surface area contributed by atoms with Gasteiger partial charge >= 0.3 is 0 Å². The van der Waals surface area contributed by atoms with E-state index in [-0.39, 0.29) is 6.61 Å². The van der Waals surface area contributed by atoms with Crippen LogP contribution >= 0.6 is 0 Å². The summed E-state index contributed by atoms with van der Waals surface area (Å²) in [7, 11) is 2.86. The molecule has 0 aromatic rings. The molecule has 14 heavy (non-hydrogen) atoms. The van der Waals surface area contributed by atoms with E-state index in [1.54, 1.807) is 0 Å². The molecule has 0 saturated carbocycles. The molecule has 7 heteroatoms. The minimum Gasteiger partial charge on any atom is -0.385 e. The minimum atomic E-state index is -0.950. The van der Waals surface area contributed by atoms with Crippen LogP contribution in [0.4, 0.5) is 0 Å². The second-order valence-corrected chi connectivity index (χ2v) is 2.90. The minimum absolute atomic E-state index is 0.179. The molecule has 0 aromatic heterocycles. The maximum atomic E-state index is 9.67. The number of aliphatic hydroxyl groups is 1. The standard InChI is InChI=1S/C7H13N3O4/c1-12-6-4(9-10-8)3-14-7(13-2)5(6)11/h4-7,11H,3H2,1-2H3/t4-,5-,6-,7+/m1/s1. The van der Waals surface area contributed by atoms with Crippen LogP contribution in [0.5, 0.6) is 0 Å². The topological polar surface area (TPSA) is 96.7 Å². The highest BCUT2D eigenvalue weighted by atomic mass is 16.7. The van der Waals surface area contributed by atoms with Gasteiger partial charge in [-0.3, -0.25) is 0 Å². The fourth-order valence-electron chi connectivity index (χ4n) is 1.44. The van der Waals surface area contributed by atoms with Crippen LogP contribution in [-0.4, -0.2) is 50.5 Å². The Morgan fingerprint density at radius 3 is 2.71 bits per heavy atom.